The van der Waals surface area contributed by atoms with Crippen LogP contribution in [0.5, 0.6) is 5.75 Å². The van der Waals surface area contributed by atoms with E-state index in [9.17, 15) is 9.59 Å². The number of nitrogens with zero attached hydrogens (tertiary/aromatic N) is 2. The van der Waals surface area contributed by atoms with E-state index in [-0.39, 0.29) is 11.5 Å². The lowest BCUT2D eigenvalue weighted by atomic mass is 10.1. The first-order chi connectivity index (χ1) is 12.2. The molecule has 1 aliphatic rings. The minimum Gasteiger partial charge on any atom is -0.496 e. The van der Waals surface area contributed by atoms with Crippen LogP contribution in [0.1, 0.15) is 39.1 Å². The number of fused-ring (bicyclic) bond motifs is 1. The summed E-state index contributed by atoms with van der Waals surface area (Å²) in [5, 5.41) is 0. The van der Waals surface area contributed by atoms with Gasteiger partial charge in [-0.05, 0) is 49.1 Å². The molecule has 130 valence electrons. The van der Waals surface area contributed by atoms with E-state index in [2.05, 4.69) is 4.98 Å². The van der Waals surface area contributed by atoms with E-state index < -0.39 is 5.97 Å². The highest BCUT2D eigenvalue weighted by Crippen LogP contribution is 2.27. The molecule has 1 aromatic heterocycles. The first-order valence-electron chi connectivity index (χ1n) is 8.18. The third-order valence-electron chi connectivity index (χ3n) is 4.30. The molecule has 0 saturated carbocycles. The van der Waals surface area contributed by atoms with Crippen molar-refractivity contribution in [3.8, 4) is 5.75 Å². The van der Waals surface area contributed by atoms with Crippen molar-refractivity contribution in [2.45, 2.75) is 19.3 Å². The number of pyridine rings is 1. The van der Waals surface area contributed by atoms with Crippen LogP contribution in [0.15, 0.2) is 36.5 Å². The molecule has 25 heavy (non-hydrogen) atoms. The van der Waals surface area contributed by atoms with Gasteiger partial charge in [0, 0.05) is 18.3 Å². The number of esters is 1. The summed E-state index contributed by atoms with van der Waals surface area (Å²) < 4.78 is 9.99. The van der Waals surface area contributed by atoms with Gasteiger partial charge in [-0.2, -0.15) is 0 Å². The summed E-state index contributed by atoms with van der Waals surface area (Å²) in [5.74, 6) is 0.365. The Labute approximate surface area is 146 Å². The second-order valence-electron chi connectivity index (χ2n) is 5.81. The average molecular weight is 340 g/mol. The Hall–Kier alpha value is -2.89. The number of anilines is 1. The van der Waals surface area contributed by atoms with Gasteiger partial charge in [0.25, 0.3) is 5.91 Å². The van der Waals surface area contributed by atoms with E-state index in [1.807, 2.05) is 12.1 Å². The molecule has 0 fully saturated rings. The van der Waals surface area contributed by atoms with Gasteiger partial charge in [-0.15, -0.1) is 0 Å². The molecular weight excluding hydrogens is 320 g/mol. The molecule has 0 bridgehead atoms. The van der Waals surface area contributed by atoms with E-state index in [0.717, 1.165) is 24.8 Å². The zero-order chi connectivity index (χ0) is 17.8. The van der Waals surface area contributed by atoms with E-state index >= 15 is 0 Å². The Morgan fingerprint density at radius 3 is 2.76 bits per heavy atom. The second-order valence-corrected chi connectivity index (χ2v) is 5.81. The van der Waals surface area contributed by atoms with Gasteiger partial charge >= 0.3 is 5.97 Å². The number of ether oxygens (including phenoxy) is 2. The Bertz CT molecular complexity index is 804. The summed E-state index contributed by atoms with van der Waals surface area (Å²) >= 11 is 0. The molecule has 2 aromatic rings. The van der Waals surface area contributed by atoms with E-state index in [4.69, 9.17) is 9.47 Å². The molecule has 6 heteroatoms. The molecule has 0 atom stereocenters. The second kappa shape index (κ2) is 7.34. The van der Waals surface area contributed by atoms with Gasteiger partial charge in [-0.25, -0.2) is 9.78 Å². The third-order valence-corrected chi connectivity index (χ3v) is 4.30. The molecule has 0 radical (unpaired) electrons. The number of methoxy groups -OCH3 is 2. The molecule has 6 nitrogen and oxygen atoms in total. The van der Waals surface area contributed by atoms with Crippen molar-refractivity contribution in [2.24, 2.45) is 0 Å². The van der Waals surface area contributed by atoms with Gasteiger partial charge in [0.2, 0.25) is 0 Å². The zero-order valence-electron chi connectivity index (χ0n) is 14.3. The molecule has 0 N–H and O–H groups in total. The Morgan fingerprint density at radius 2 is 2.00 bits per heavy atom. The van der Waals surface area contributed by atoms with Crippen molar-refractivity contribution in [1.29, 1.82) is 0 Å². The van der Waals surface area contributed by atoms with Crippen LogP contribution >= 0.6 is 0 Å². The third kappa shape index (κ3) is 3.33. The molecule has 3 rings (SSSR count). The lowest BCUT2D eigenvalue weighted by molar-refractivity contribution is 0.0596. The monoisotopic (exact) mass is 340 g/mol. The van der Waals surface area contributed by atoms with Crippen molar-refractivity contribution in [2.75, 3.05) is 25.7 Å². The van der Waals surface area contributed by atoms with Crippen molar-refractivity contribution in [3.05, 3.63) is 53.2 Å². The van der Waals surface area contributed by atoms with Gasteiger partial charge in [-0.3, -0.25) is 9.69 Å². The Balaban J connectivity index is 1.97. The fraction of sp³-hybridized carbons (Fsp3) is 0.316. The molecule has 1 aliphatic heterocycles. The van der Waals surface area contributed by atoms with E-state index in [1.54, 1.807) is 29.3 Å². The lowest BCUT2D eigenvalue weighted by Crippen LogP contribution is -2.32. The van der Waals surface area contributed by atoms with Crippen molar-refractivity contribution < 1.29 is 19.1 Å². The molecule has 2 heterocycles. The summed E-state index contributed by atoms with van der Waals surface area (Å²) in [6, 6.07) is 8.64. The Kier molecular flexibility index (Phi) is 4.97. The quantitative estimate of drug-likeness (QED) is 0.804. The molecule has 0 spiro atoms. The fourth-order valence-electron chi connectivity index (χ4n) is 3.02. The highest BCUT2D eigenvalue weighted by molar-refractivity contribution is 6.07. The maximum Gasteiger partial charge on any atom is 0.341 e. The standard InChI is InChI=1S/C19H20N2O4/c1-24-16-12-14(8-9-15(16)19(23)25-2)18(22)21-11-4-3-6-13-7-5-10-20-17(13)21/h5,7-10,12H,3-4,6,11H2,1-2H3. The fourth-order valence-corrected chi connectivity index (χ4v) is 3.02. The minimum atomic E-state index is -0.502. The van der Waals surface area contributed by atoms with Crippen molar-refractivity contribution in [1.82, 2.24) is 4.98 Å². The number of benzene rings is 1. The van der Waals surface area contributed by atoms with Crippen LogP contribution in [-0.2, 0) is 11.2 Å². The first-order valence-corrected chi connectivity index (χ1v) is 8.18. The van der Waals surface area contributed by atoms with Crippen LogP contribution < -0.4 is 9.64 Å². The van der Waals surface area contributed by atoms with Crippen molar-refractivity contribution in [3.63, 3.8) is 0 Å². The summed E-state index contributed by atoms with van der Waals surface area (Å²) in [5.41, 5.74) is 1.81. The number of aromatic nitrogens is 1. The largest absolute Gasteiger partial charge is 0.496 e. The normalized spacial score (nSPS) is 13.6. The number of carbonyl (C=O) groups excluding carboxylic acids is 2. The maximum absolute atomic E-state index is 13.0. The van der Waals surface area contributed by atoms with Crippen LogP contribution in [0.2, 0.25) is 0 Å². The SMILES string of the molecule is COC(=O)c1ccc(C(=O)N2CCCCc3cccnc32)cc1OC. The maximum atomic E-state index is 13.0. The van der Waals surface area contributed by atoms with E-state index in [1.165, 1.54) is 14.2 Å². The summed E-state index contributed by atoms with van der Waals surface area (Å²) in [6.07, 6.45) is 4.55. The molecular formula is C19H20N2O4. The Morgan fingerprint density at radius 1 is 1.16 bits per heavy atom. The lowest BCUT2D eigenvalue weighted by Gasteiger charge is -2.22. The van der Waals surface area contributed by atoms with E-state index in [0.29, 0.717) is 23.7 Å². The van der Waals surface area contributed by atoms with Gasteiger partial charge < -0.3 is 9.47 Å². The molecule has 0 unspecified atom stereocenters. The number of carbonyl (C=O) groups is 2. The van der Waals surface area contributed by atoms with Crippen LogP contribution in [0.3, 0.4) is 0 Å². The number of aryl methyl sites for hydroxylation is 1. The minimum absolute atomic E-state index is 0.156. The summed E-state index contributed by atoms with van der Waals surface area (Å²) in [6.45, 7) is 0.615. The number of rotatable bonds is 3. The van der Waals surface area contributed by atoms with Crippen LogP contribution in [0.25, 0.3) is 0 Å². The smallest absolute Gasteiger partial charge is 0.341 e. The highest BCUT2D eigenvalue weighted by atomic mass is 16.5. The molecule has 0 aliphatic carbocycles. The van der Waals surface area contributed by atoms with Gasteiger partial charge in [-0.1, -0.05) is 6.07 Å². The summed E-state index contributed by atoms with van der Waals surface area (Å²) in [7, 11) is 2.76. The van der Waals surface area contributed by atoms with Crippen LogP contribution in [0.4, 0.5) is 5.82 Å². The first kappa shape index (κ1) is 17.0. The predicted octanol–water partition coefficient (Wildman–Crippen LogP) is 2.86. The van der Waals surface area contributed by atoms with Crippen LogP contribution in [-0.4, -0.2) is 37.6 Å². The molecule has 0 saturated heterocycles. The number of amides is 1. The highest BCUT2D eigenvalue weighted by Gasteiger charge is 2.24. The summed E-state index contributed by atoms with van der Waals surface area (Å²) in [4.78, 5) is 30.9. The topological polar surface area (TPSA) is 68.7 Å². The molecule has 1 amide bonds. The number of hydrogen-bond donors (Lipinski definition) is 0. The van der Waals surface area contributed by atoms with Gasteiger partial charge in [0.15, 0.2) is 0 Å². The zero-order valence-corrected chi connectivity index (χ0v) is 14.3. The predicted molar refractivity (Wildman–Crippen MR) is 93.2 cm³/mol. The van der Waals surface area contributed by atoms with Crippen molar-refractivity contribution >= 4 is 17.7 Å². The van der Waals surface area contributed by atoms with Gasteiger partial charge in [0.1, 0.15) is 17.1 Å². The average Bonchev–Trinajstić information content (AvgIpc) is 2.88. The van der Waals surface area contributed by atoms with Crippen LogP contribution in [0, 0.1) is 0 Å². The van der Waals surface area contributed by atoms with Gasteiger partial charge in [0.05, 0.1) is 14.2 Å². The number of hydrogen-bond acceptors (Lipinski definition) is 5. The molecule has 1 aromatic carbocycles.